The van der Waals surface area contributed by atoms with E-state index < -0.39 is 0 Å². The van der Waals surface area contributed by atoms with E-state index in [1.165, 1.54) is 25.7 Å². The first-order chi connectivity index (χ1) is 8.03. The molecular formula is C15H27NO. The molecular weight excluding hydrogens is 210 g/mol. The lowest BCUT2D eigenvalue weighted by Gasteiger charge is -2.38. The molecule has 1 amide bonds. The molecule has 0 atom stereocenters. The number of rotatable bonds is 2. The van der Waals surface area contributed by atoms with Gasteiger partial charge in [-0.3, -0.25) is 4.79 Å². The third-order valence-corrected chi connectivity index (χ3v) is 4.99. The molecule has 0 aromatic carbocycles. The summed E-state index contributed by atoms with van der Waals surface area (Å²) in [6.45, 7) is 8.78. The van der Waals surface area contributed by atoms with Crippen LogP contribution in [0.2, 0.25) is 0 Å². The van der Waals surface area contributed by atoms with E-state index in [0.717, 1.165) is 37.8 Å². The highest BCUT2D eigenvalue weighted by molar-refractivity contribution is 5.82. The number of likely N-dealkylation sites (tertiary alicyclic amines) is 1. The largest absolute Gasteiger partial charge is 0.342 e. The molecule has 2 aliphatic rings. The number of hydrogen-bond donors (Lipinski definition) is 0. The zero-order valence-electron chi connectivity index (χ0n) is 11.7. The van der Waals surface area contributed by atoms with E-state index >= 15 is 0 Å². The first-order valence-electron chi connectivity index (χ1n) is 7.32. The summed E-state index contributed by atoms with van der Waals surface area (Å²) < 4.78 is 0. The fraction of sp³-hybridized carbons (Fsp3) is 0.933. The predicted octanol–water partition coefficient (Wildman–Crippen LogP) is 3.46. The summed E-state index contributed by atoms with van der Waals surface area (Å²) in [7, 11) is 0. The molecule has 1 aliphatic carbocycles. The third kappa shape index (κ3) is 2.66. The minimum atomic E-state index is -0.0231. The fourth-order valence-corrected chi connectivity index (χ4v) is 3.52. The number of hydrogen-bond acceptors (Lipinski definition) is 1. The molecule has 0 radical (unpaired) electrons. The van der Waals surface area contributed by atoms with Gasteiger partial charge in [0, 0.05) is 18.5 Å². The lowest BCUT2D eigenvalue weighted by atomic mass is 9.83. The van der Waals surface area contributed by atoms with E-state index in [4.69, 9.17) is 0 Å². The van der Waals surface area contributed by atoms with E-state index in [9.17, 15) is 4.79 Å². The first-order valence-corrected chi connectivity index (χ1v) is 7.32. The van der Waals surface area contributed by atoms with Crippen molar-refractivity contribution in [2.24, 2.45) is 17.3 Å². The second-order valence-corrected chi connectivity index (χ2v) is 6.64. The van der Waals surface area contributed by atoms with Crippen molar-refractivity contribution in [1.29, 1.82) is 0 Å². The maximum Gasteiger partial charge on any atom is 0.228 e. The Morgan fingerprint density at radius 3 is 2.18 bits per heavy atom. The Hall–Kier alpha value is -0.530. The molecule has 17 heavy (non-hydrogen) atoms. The molecule has 0 spiro atoms. The van der Waals surface area contributed by atoms with Gasteiger partial charge >= 0.3 is 0 Å². The summed E-state index contributed by atoms with van der Waals surface area (Å²) in [6.07, 6.45) is 7.11. The molecule has 1 heterocycles. The topological polar surface area (TPSA) is 20.3 Å². The van der Waals surface area contributed by atoms with E-state index in [2.05, 4.69) is 25.7 Å². The van der Waals surface area contributed by atoms with Gasteiger partial charge in [-0.25, -0.2) is 0 Å². The smallest absolute Gasteiger partial charge is 0.228 e. The van der Waals surface area contributed by atoms with Crippen LogP contribution in [-0.4, -0.2) is 23.9 Å². The molecule has 2 heteroatoms. The summed E-state index contributed by atoms with van der Waals surface area (Å²) >= 11 is 0. The van der Waals surface area contributed by atoms with Crippen molar-refractivity contribution >= 4 is 5.91 Å². The zero-order chi connectivity index (χ0) is 12.5. The Kier molecular flexibility index (Phi) is 3.79. The van der Waals surface area contributed by atoms with Crippen LogP contribution in [-0.2, 0) is 4.79 Å². The standard InChI is InChI=1S/C15H27NO/c1-12(2)13-6-10-16(11-7-13)14(17)15(3)8-4-5-9-15/h12-13H,4-11H2,1-3H3. The molecule has 0 aromatic rings. The lowest BCUT2D eigenvalue weighted by Crippen LogP contribution is -2.45. The molecule has 0 bridgehead atoms. The maximum atomic E-state index is 12.5. The lowest BCUT2D eigenvalue weighted by molar-refractivity contribution is -0.142. The SMILES string of the molecule is CC(C)C1CCN(C(=O)C2(C)CCCC2)CC1. The molecule has 1 aliphatic heterocycles. The third-order valence-electron chi connectivity index (χ3n) is 4.99. The number of carbonyl (C=O) groups excluding carboxylic acids is 1. The summed E-state index contributed by atoms with van der Waals surface area (Å²) in [5, 5.41) is 0. The van der Waals surface area contributed by atoms with Crippen molar-refractivity contribution in [3.8, 4) is 0 Å². The Balaban J connectivity index is 1.90. The van der Waals surface area contributed by atoms with Crippen LogP contribution in [0.25, 0.3) is 0 Å². The van der Waals surface area contributed by atoms with Crippen LogP contribution in [0.5, 0.6) is 0 Å². The second-order valence-electron chi connectivity index (χ2n) is 6.64. The summed E-state index contributed by atoms with van der Waals surface area (Å²) in [5.74, 6) is 2.04. The Morgan fingerprint density at radius 1 is 1.18 bits per heavy atom. The average molecular weight is 237 g/mol. The summed E-state index contributed by atoms with van der Waals surface area (Å²) in [5.41, 5.74) is -0.0231. The van der Waals surface area contributed by atoms with Crippen molar-refractivity contribution < 1.29 is 4.79 Å². The van der Waals surface area contributed by atoms with Crippen LogP contribution in [0, 0.1) is 17.3 Å². The molecule has 0 aromatic heterocycles. The van der Waals surface area contributed by atoms with Crippen LogP contribution in [0.1, 0.15) is 59.3 Å². The van der Waals surface area contributed by atoms with Crippen LogP contribution in [0.4, 0.5) is 0 Å². The van der Waals surface area contributed by atoms with Crippen molar-refractivity contribution in [1.82, 2.24) is 4.90 Å². The fourth-order valence-electron chi connectivity index (χ4n) is 3.52. The van der Waals surface area contributed by atoms with Crippen LogP contribution < -0.4 is 0 Å². The molecule has 1 saturated heterocycles. The minimum absolute atomic E-state index is 0.0231. The average Bonchev–Trinajstić information content (AvgIpc) is 2.76. The Morgan fingerprint density at radius 2 is 1.71 bits per heavy atom. The van der Waals surface area contributed by atoms with Gasteiger partial charge in [-0.15, -0.1) is 0 Å². The zero-order valence-corrected chi connectivity index (χ0v) is 11.7. The molecule has 2 rings (SSSR count). The number of piperidine rings is 1. The van der Waals surface area contributed by atoms with E-state index in [1.807, 2.05) is 0 Å². The van der Waals surface area contributed by atoms with Gasteiger partial charge in [-0.05, 0) is 37.5 Å². The Bertz CT molecular complexity index is 271. The summed E-state index contributed by atoms with van der Waals surface area (Å²) in [4.78, 5) is 14.7. The van der Waals surface area contributed by atoms with Gasteiger partial charge in [0.2, 0.25) is 5.91 Å². The van der Waals surface area contributed by atoms with Gasteiger partial charge in [-0.1, -0.05) is 33.6 Å². The molecule has 0 N–H and O–H groups in total. The van der Waals surface area contributed by atoms with Gasteiger partial charge in [0.05, 0.1) is 0 Å². The summed E-state index contributed by atoms with van der Waals surface area (Å²) in [6, 6.07) is 0. The highest BCUT2D eigenvalue weighted by atomic mass is 16.2. The van der Waals surface area contributed by atoms with Gasteiger partial charge in [0.1, 0.15) is 0 Å². The number of nitrogens with zero attached hydrogens (tertiary/aromatic N) is 1. The van der Waals surface area contributed by atoms with Gasteiger partial charge in [0.25, 0.3) is 0 Å². The maximum absolute atomic E-state index is 12.5. The van der Waals surface area contributed by atoms with Crippen LogP contribution >= 0.6 is 0 Å². The van der Waals surface area contributed by atoms with Crippen LogP contribution in [0.3, 0.4) is 0 Å². The quantitative estimate of drug-likeness (QED) is 0.720. The highest BCUT2D eigenvalue weighted by Gasteiger charge is 2.40. The van der Waals surface area contributed by atoms with E-state index in [0.29, 0.717) is 5.91 Å². The monoisotopic (exact) mass is 237 g/mol. The molecule has 1 saturated carbocycles. The van der Waals surface area contributed by atoms with E-state index in [1.54, 1.807) is 0 Å². The van der Waals surface area contributed by atoms with Crippen molar-refractivity contribution in [2.75, 3.05) is 13.1 Å². The van der Waals surface area contributed by atoms with Gasteiger partial charge < -0.3 is 4.90 Å². The predicted molar refractivity (Wildman–Crippen MR) is 70.7 cm³/mol. The number of carbonyl (C=O) groups is 1. The van der Waals surface area contributed by atoms with Crippen molar-refractivity contribution in [2.45, 2.75) is 59.3 Å². The Labute approximate surface area is 106 Å². The minimum Gasteiger partial charge on any atom is -0.342 e. The molecule has 98 valence electrons. The van der Waals surface area contributed by atoms with Gasteiger partial charge in [-0.2, -0.15) is 0 Å². The number of amides is 1. The van der Waals surface area contributed by atoms with Gasteiger partial charge in [0.15, 0.2) is 0 Å². The molecule has 2 nitrogen and oxygen atoms in total. The molecule has 0 unspecified atom stereocenters. The first kappa shape index (κ1) is 12.9. The normalized spacial score (nSPS) is 25.5. The second kappa shape index (κ2) is 4.99. The highest BCUT2D eigenvalue weighted by Crippen LogP contribution is 2.40. The molecule has 2 fully saturated rings. The van der Waals surface area contributed by atoms with Crippen molar-refractivity contribution in [3.63, 3.8) is 0 Å². The van der Waals surface area contributed by atoms with Crippen molar-refractivity contribution in [3.05, 3.63) is 0 Å². The van der Waals surface area contributed by atoms with Crippen LogP contribution in [0.15, 0.2) is 0 Å². The van der Waals surface area contributed by atoms with E-state index in [-0.39, 0.29) is 5.41 Å².